The van der Waals surface area contributed by atoms with E-state index in [-0.39, 0.29) is 18.5 Å². The van der Waals surface area contributed by atoms with Gasteiger partial charge in [0.05, 0.1) is 18.5 Å². The summed E-state index contributed by atoms with van der Waals surface area (Å²) in [5.74, 6) is 2.17. The van der Waals surface area contributed by atoms with Crippen LogP contribution in [0, 0.1) is 11.8 Å². The van der Waals surface area contributed by atoms with Crippen LogP contribution in [0.15, 0.2) is 179 Å². The van der Waals surface area contributed by atoms with Crippen molar-refractivity contribution in [3.05, 3.63) is 207 Å². The predicted molar refractivity (Wildman–Crippen MR) is 256 cm³/mol. The predicted octanol–water partition coefficient (Wildman–Crippen LogP) is 13.3. The minimum Gasteiger partial charge on any atom is -0.282 e. The first-order valence-electron chi connectivity index (χ1n) is 23.4. The lowest BCUT2D eigenvalue weighted by atomic mass is 9.66. The molecule has 0 bridgehead atoms. The van der Waals surface area contributed by atoms with E-state index < -0.39 is 0 Å². The Labute approximate surface area is 367 Å². The highest BCUT2D eigenvalue weighted by Crippen LogP contribution is 2.59. The fraction of sp³-hybridized carbons (Fsp3) is 0.333. The van der Waals surface area contributed by atoms with Crippen molar-refractivity contribution in [2.24, 2.45) is 11.8 Å². The van der Waals surface area contributed by atoms with Crippen LogP contribution in [-0.4, -0.2) is 17.6 Å². The number of allylic oxidation sites excluding steroid dienone is 15. The van der Waals surface area contributed by atoms with Gasteiger partial charge in [-0.1, -0.05) is 146 Å². The van der Waals surface area contributed by atoms with Gasteiger partial charge in [0.25, 0.3) is 0 Å². The summed E-state index contributed by atoms with van der Waals surface area (Å²) in [7, 11) is 0. The number of thioether (sulfide) groups is 1. The number of nitrogens with one attached hydrogen (secondary N) is 3. The fourth-order valence-corrected chi connectivity index (χ4v) is 13.9. The molecule has 2 heterocycles. The summed E-state index contributed by atoms with van der Waals surface area (Å²) in [5, 5.41) is 12.9. The van der Waals surface area contributed by atoms with E-state index in [0.717, 1.165) is 51.4 Å². The molecule has 9 aliphatic rings. The summed E-state index contributed by atoms with van der Waals surface area (Å²) >= 11 is 2.16. The summed E-state index contributed by atoms with van der Waals surface area (Å²) < 4.78 is 0. The van der Waals surface area contributed by atoms with Gasteiger partial charge in [-0.2, -0.15) is 0 Å². The Hall–Kier alpha value is -4.71. The summed E-state index contributed by atoms with van der Waals surface area (Å²) in [5.41, 5.74) is 17.7. The molecule has 9 atom stereocenters. The molecule has 4 heteroatoms. The van der Waals surface area contributed by atoms with Crippen molar-refractivity contribution in [2.75, 3.05) is 0 Å². The molecule has 9 unspecified atom stereocenters. The second-order valence-corrected chi connectivity index (χ2v) is 19.8. The molecule has 2 fully saturated rings. The molecule has 0 amide bonds. The zero-order valence-electron chi connectivity index (χ0n) is 35.1. The van der Waals surface area contributed by atoms with Gasteiger partial charge in [-0.05, 0) is 143 Å². The van der Waals surface area contributed by atoms with E-state index >= 15 is 0 Å². The third-order valence-electron chi connectivity index (χ3n) is 15.2. The van der Waals surface area contributed by atoms with E-state index in [1.807, 2.05) is 0 Å². The van der Waals surface area contributed by atoms with Crippen molar-refractivity contribution in [1.82, 2.24) is 16.0 Å². The normalized spacial score (nSPS) is 32.2. The third-order valence-corrected chi connectivity index (χ3v) is 16.7. The van der Waals surface area contributed by atoms with Crippen molar-refractivity contribution in [3.63, 3.8) is 0 Å². The Morgan fingerprint density at radius 3 is 2.31 bits per heavy atom. The highest BCUT2D eigenvalue weighted by atomic mass is 32.2. The van der Waals surface area contributed by atoms with Gasteiger partial charge in [-0.25, -0.2) is 0 Å². The molecule has 0 spiro atoms. The average Bonchev–Trinajstić information content (AvgIpc) is 3.74. The monoisotopic (exact) mass is 815 g/mol. The number of rotatable bonds is 6. The first-order valence-corrected chi connectivity index (χ1v) is 24.3. The van der Waals surface area contributed by atoms with E-state index in [4.69, 9.17) is 0 Å². The van der Waals surface area contributed by atoms with Crippen molar-refractivity contribution >= 4 is 17.3 Å². The highest BCUT2D eigenvalue weighted by molar-refractivity contribution is 8.04. The molecule has 12 rings (SSSR count). The molecule has 61 heavy (non-hydrogen) atoms. The Kier molecular flexibility index (Phi) is 10.1. The Balaban J connectivity index is 0.986. The SMILES string of the molecule is C1=CC2C3=CCCC(c4cc(C5NC(C6=CCCC=C6)NC(C6C=CC(c7ccccc7)CC6)N5)cc5c4-c4ccccc4C4CCC=CC54)=C3SC2C(C2=CCCC=C2)=C1. The van der Waals surface area contributed by atoms with Crippen LogP contribution >= 0.6 is 11.8 Å². The highest BCUT2D eigenvalue weighted by Gasteiger charge is 2.43. The second-order valence-electron chi connectivity index (χ2n) is 18.6. The van der Waals surface area contributed by atoms with Crippen molar-refractivity contribution in [2.45, 2.75) is 106 Å². The Morgan fingerprint density at radius 2 is 1.46 bits per heavy atom. The largest absolute Gasteiger partial charge is 0.282 e. The van der Waals surface area contributed by atoms with E-state index in [1.165, 1.54) is 67.8 Å². The molecule has 7 aliphatic carbocycles. The maximum Gasteiger partial charge on any atom is 0.0862 e. The third kappa shape index (κ3) is 6.86. The Bertz CT molecular complexity index is 2560. The maximum absolute atomic E-state index is 4.22. The van der Waals surface area contributed by atoms with Gasteiger partial charge in [-0.15, -0.1) is 11.8 Å². The molecular weight excluding hydrogens is 759 g/mol. The standard InChI is InChI=1S/C57H57N3S/c1-4-16-36(17-5-1)37-30-32-40(33-31-37)56-58-55(39-20-8-3-9-21-39)59-57(60-56)41-34-50-45-24-11-10-22-43(45)44-23-12-13-25-46(44)52(50)51(35-41)49-29-15-28-48-47-27-14-26-42(53(47)61-54(48)49)38-18-6-2-7-19-38/h1,4-6,8,11-14,16-21,23-28,30,32,34-35,37,40,43,45,47,53,55-60H,2-3,7,9-10,15,22,29,31,33H2. The molecule has 0 radical (unpaired) electrons. The molecule has 0 saturated carbocycles. The molecular formula is C57H57N3S. The fourth-order valence-electron chi connectivity index (χ4n) is 12.2. The lowest BCUT2D eigenvalue weighted by Crippen LogP contribution is -2.65. The van der Waals surface area contributed by atoms with E-state index in [0.29, 0.717) is 34.8 Å². The number of hydrogen-bond donors (Lipinski definition) is 3. The molecule has 3 nitrogen and oxygen atoms in total. The summed E-state index contributed by atoms with van der Waals surface area (Å²) in [6, 6.07) is 25.8. The van der Waals surface area contributed by atoms with Crippen molar-refractivity contribution in [3.8, 4) is 11.1 Å². The zero-order valence-corrected chi connectivity index (χ0v) is 35.9. The van der Waals surface area contributed by atoms with Crippen LogP contribution in [-0.2, 0) is 0 Å². The topological polar surface area (TPSA) is 36.1 Å². The van der Waals surface area contributed by atoms with Gasteiger partial charge < -0.3 is 0 Å². The molecule has 2 aliphatic heterocycles. The van der Waals surface area contributed by atoms with Gasteiger partial charge in [0.2, 0.25) is 0 Å². The summed E-state index contributed by atoms with van der Waals surface area (Å²) in [4.78, 5) is 1.54. The van der Waals surface area contributed by atoms with Gasteiger partial charge in [-0.3, -0.25) is 16.0 Å². The molecule has 3 aromatic rings. The van der Waals surface area contributed by atoms with Crippen LogP contribution in [0.5, 0.6) is 0 Å². The first kappa shape index (κ1) is 38.0. The zero-order chi connectivity index (χ0) is 40.3. The van der Waals surface area contributed by atoms with E-state index in [9.17, 15) is 0 Å². The summed E-state index contributed by atoms with van der Waals surface area (Å²) in [6.45, 7) is 0. The minimum absolute atomic E-state index is 0.00882. The average molecular weight is 816 g/mol. The van der Waals surface area contributed by atoms with Gasteiger partial charge in [0.15, 0.2) is 0 Å². The number of fused-ring (bicyclic) bond motifs is 9. The molecule has 306 valence electrons. The molecule has 3 N–H and O–H groups in total. The second kappa shape index (κ2) is 16.2. The first-order chi connectivity index (χ1) is 30.2. The maximum atomic E-state index is 4.22. The van der Waals surface area contributed by atoms with E-state index in [1.54, 1.807) is 16.7 Å². The Morgan fingerprint density at radius 1 is 0.590 bits per heavy atom. The molecule has 2 saturated heterocycles. The summed E-state index contributed by atoms with van der Waals surface area (Å²) in [6.07, 6.45) is 45.8. The quantitative estimate of drug-likeness (QED) is 0.217. The van der Waals surface area contributed by atoms with Crippen LogP contribution in [0.4, 0.5) is 0 Å². The van der Waals surface area contributed by atoms with Crippen LogP contribution < -0.4 is 16.0 Å². The van der Waals surface area contributed by atoms with Crippen LogP contribution in [0.3, 0.4) is 0 Å². The number of benzene rings is 3. The van der Waals surface area contributed by atoms with Gasteiger partial charge >= 0.3 is 0 Å². The number of hydrogen-bond acceptors (Lipinski definition) is 4. The van der Waals surface area contributed by atoms with E-state index in [2.05, 4.69) is 180 Å². The minimum atomic E-state index is -0.00882. The van der Waals surface area contributed by atoms with Crippen LogP contribution in [0.2, 0.25) is 0 Å². The van der Waals surface area contributed by atoms with Gasteiger partial charge in [0, 0.05) is 33.8 Å². The van der Waals surface area contributed by atoms with Gasteiger partial charge in [0.1, 0.15) is 0 Å². The van der Waals surface area contributed by atoms with Crippen molar-refractivity contribution in [1.29, 1.82) is 0 Å². The molecule has 0 aromatic heterocycles. The smallest absolute Gasteiger partial charge is 0.0862 e. The van der Waals surface area contributed by atoms with Crippen molar-refractivity contribution < 1.29 is 0 Å². The lowest BCUT2D eigenvalue weighted by Gasteiger charge is -2.44. The van der Waals surface area contributed by atoms with Crippen LogP contribution in [0.1, 0.15) is 116 Å². The molecule has 3 aromatic carbocycles. The lowest BCUT2D eigenvalue weighted by molar-refractivity contribution is 0.179. The van der Waals surface area contributed by atoms with Crippen LogP contribution in [0.25, 0.3) is 16.7 Å².